The van der Waals surface area contributed by atoms with Crippen molar-refractivity contribution in [2.24, 2.45) is 34.0 Å². The van der Waals surface area contributed by atoms with Crippen LogP contribution < -0.4 is 4.74 Å². The minimum atomic E-state index is -0.145. The summed E-state index contributed by atoms with van der Waals surface area (Å²) in [7, 11) is 0. The van der Waals surface area contributed by atoms with Crippen LogP contribution in [-0.2, 0) is 4.79 Å². The van der Waals surface area contributed by atoms with Gasteiger partial charge >= 0.3 is 5.97 Å². The van der Waals surface area contributed by atoms with E-state index in [4.69, 9.17) is 4.74 Å². The van der Waals surface area contributed by atoms with Crippen LogP contribution in [0.4, 0.5) is 0 Å². The third-order valence-electron chi connectivity index (χ3n) is 7.64. The number of ether oxygens (including phenoxy) is 1. The summed E-state index contributed by atoms with van der Waals surface area (Å²) < 4.78 is 5.90. The van der Waals surface area contributed by atoms with E-state index in [1.165, 1.54) is 18.4 Å². The van der Waals surface area contributed by atoms with E-state index in [-0.39, 0.29) is 22.2 Å². The van der Waals surface area contributed by atoms with Gasteiger partial charge in [0.25, 0.3) is 0 Å². The van der Waals surface area contributed by atoms with Crippen molar-refractivity contribution in [3.8, 4) is 5.75 Å². The van der Waals surface area contributed by atoms with Gasteiger partial charge in [0.15, 0.2) is 0 Å². The Morgan fingerprint density at radius 2 is 1.59 bits per heavy atom. The number of rotatable bonds is 4. The van der Waals surface area contributed by atoms with Crippen molar-refractivity contribution in [3.63, 3.8) is 0 Å². The van der Waals surface area contributed by atoms with Crippen LogP contribution >= 0.6 is 0 Å². The summed E-state index contributed by atoms with van der Waals surface area (Å²) in [5, 5.41) is 0. The zero-order valence-corrected chi connectivity index (χ0v) is 18.0. The standard InChI is InChI=1S/C25H36O2/c1-23(2,3)15-21(24(4,5)6)16-7-9-20(10-8-16)27-22(26)25-13-17-11-19(25)12-18(17)14-25/h7-10,17-19,21H,11-15H2,1-6H3. The SMILES string of the molecule is CC(C)(C)CC(c1ccc(OC(=O)C23CC4CC2CC4C3)cc1)C(C)(C)C. The molecule has 0 saturated heterocycles. The van der Waals surface area contributed by atoms with Gasteiger partial charge in [0.1, 0.15) is 5.75 Å². The first kappa shape index (κ1) is 19.0. The molecular weight excluding hydrogens is 332 g/mol. The van der Waals surface area contributed by atoms with Crippen molar-refractivity contribution in [2.75, 3.05) is 0 Å². The number of hydrogen-bond donors (Lipinski definition) is 0. The second-order valence-corrected chi connectivity index (χ2v) is 11.9. The van der Waals surface area contributed by atoms with Gasteiger partial charge in [-0.1, -0.05) is 53.7 Å². The Morgan fingerprint density at radius 1 is 1.04 bits per heavy atom. The average molecular weight is 369 g/mol. The van der Waals surface area contributed by atoms with Crippen molar-refractivity contribution in [2.45, 2.75) is 79.6 Å². The highest BCUT2D eigenvalue weighted by Gasteiger charge is 2.67. The highest BCUT2D eigenvalue weighted by molar-refractivity contribution is 5.81. The summed E-state index contributed by atoms with van der Waals surface area (Å²) in [5.74, 6) is 3.44. The fourth-order valence-corrected chi connectivity index (χ4v) is 6.36. The molecule has 5 rings (SSSR count). The summed E-state index contributed by atoms with van der Waals surface area (Å²) >= 11 is 0. The molecular formula is C25H36O2. The lowest BCUT2D eigenvalue weighted by molar-refractivity contribution is -0.146. The monoisotopic (exact) mass is 368 g/mol. The Balaban J connectivity index is 1.48. The Labute approximate surface area is 165 Å². The number of carbonyl (C=O) groups excluding carboxylic acids is 1. The van der Waals surface area contributed by atoms with E-state index in [0.717, 1.165) is 31.1 Å². The lowest BCUT2D eigenvalue weighted by Gasteiger charge is -2.36. The summed E-state index contributed by atoms with van der Waals surface area (Å²) in [4.78, 5) is 13.0. The molecule has 4 saturated carbocycles. The normalized spacial score (nSPS) is 32.9. The molecule has 4 aliphatic carbocycles. The molecule has 2 heteroatoms. The van der Waals surface area contributed by atoms with Gasteiger partial charge in [0, 0.05) is 0 Å². The minimum Gasteiger partial charge on any atom is -0.426 e. The summed E-state index contributed by atoms with van der Waals surface area (Å²) in [6.45, 7) is 13.9. The van der Waals surface area contributed by atoms with Gasteiger partial charge in [-0.2, -0.15) is 0 Å². The van der Waals surface area contributed by atoms with E-state index >= 15 is 0 Å². The van der Waals surface area contributed by atoms with Gasteiger partial charge in [-0.3, -0.25) is 4.79 Å². The number of benzene rings is 1. The molecule has 0 aromatic heterocycles. The molecule has 4 bridgehead atoms. The Hall–Kier alpha value is -1.31. The van der Waals surface area contributed by atoms with E-state index < -0.39 is 0 Å². The molecule has 148 valence electrons. The Bertz CT molecular complexity index is 702. The van der Waals surface area contributed by atoms with Crippen molar-refractivity contribution in [1.82, 2.24) is 0 Å². The maximum absolute atomic E-state index is 13.0. The molecule has 0 aliphatic heterocycles. The van der Waals surface area contributed by atoms with Crippen molar-refractivity contribution >= 4 is 5.97 Å². The first-order valence-corrected chi connectivity index (χ1v) is 10.8. The van der Waals surface area contributed by atoms with Crippen LogP contribution in [0.3, 0.4) is 0 Å². The highest BCUT2D eigenvalue weighted by atomic mass is 16.5. The fourth-order valence-electron chi connectivity index (χ4n) is 6.36. The molecule has 3 atom stereocenters. The molecule has 27 heavy (non-hydrogen) atoms. The first-order chi connectivity index (χ1) is 12.5. The number of carbonyl (C=O) groups is 1. The van der Waals surface area contributed by atoms with Crippen LogP contribution in [0.25, 0.3) is 0 Å². The Kier molecular flexibility index (Phi) is 4.29. The van der Waals surface area contributed by atoms with Gasteiger partial charge in [0.2, 0.25) is 0 Å². The van der Waals surface area contributed by atoms with Crippen LogP contribution in [0.5, 0.6) is 5.75 Å². The molecule has 0 spiro atoms. The smallest absolute Gasteiger partial charge is 0.317 e. The minimum absolute atomic E-state index is 0.0461. The lowest BCUT2D eigenvalue weighted by atomic mass is 9.69. The van der Waals surface area contributed by atoms with Crippen LogP contribution in [0, 0.1) is 34.0 Å². The molecule has 3 unspecified atom stereocenters. The van der Waals surface area contributed by atoms with Gasteiger partial charge in [-0.25, -0.2) is 0 Å². The molecule has 0 heterocycles. The van der Waals surface area contributed by atoms with Gasteiger partial charge in [-0.05, 0) is 84.3 Å². The quantitative estimate of drug-likeness (QED) is 0.442. The molecule has 1 aromatic carbocycles. The highest BCUT2D eigenvalue weighted by Crippen LogP contribution is 2.70. The first-order valence-electron chi connectivity index (χ1n) is 10.8. The second kappa shape index (κ2) is 6.09. The maximum Gasteiger partial charge on any atom is 0.317 e. The van der Waals surface area contributed by atoms with Crippen LogP contribution in [-0.4, -0.2) is 5.97 Å². The van der Waals surface area contributed by atoms with E-state index in [1.54, 1.807) is 0 Å². The predicted octanol–water partition coefficient (Wildman–Crippen LogP) is 6.59. The molecule has 0 amide bonds. The predicted molar refractivity (Wildman–Crippen MR) is 110 cm³/mol. The topological polar surface area (TPSA) is 26.3 Å². The molecule has 0 N–H and O–H groups in total. The van der Waals surface area contributed by atoms with Gasteiger partial charge in [-0.15, -0.1) is 0 Å². The van der Waals surface area contributed by atoms with E-state index in [2.05, 4.69) is 53.7 Å². The zero-order chi connectivity index (χ0) is 19.6. The van der Waals surface area contributed by atoms with Crippen molar-refractivity contribution in [1.29, 1.82) is 0 Å². The second-order valence-electron chi connectivity index (χ2n) is 11.9. The van der Waals surface area contributed by atoms with Gasteiger partial charge < -0.3 is 4.74 Å². The molecule has 1 aromatic rings. The van der Waals surface area contributed by atoms with Crippen LogP contribution in [0.1, 0.15) is 85.1 Å². The van der Waals surface area contributed by atoms with E-state index in [1.807, 2.05) is 12.1 Å². The summed E-state index contributed by atoms with van der Waals surface area (Å²) in [6, 6.07) is 8.37. The average Bonchev–Trinajstić information content (AvgIpc) is 3.26. The maximum atomic E-state index is 13.0. The van der Waals surface area contributed by atoms with Crippen molar-refractivity contribution in [3.05, 3.63) is 29.8 Å². The summed E-state index contributed by atoms with van der Waals surface area (Å²) in [5.41, 5.74) is 1.69. The van der Waals surface area contributed by atoms with E-state index in [9.17, 15) is 4.79 Å². The molecule has 0 radical (unpaired) electrons. The molecule has 4 fully saturated rings. The van der Waals surface area contributed by atoms with Crippen LogP contribution in [0.15, 0.2) is 24.3 Å². The largest absolute Gasteiger partial charge is 0.426 e. The molecule has 4 aliphatic rings. The Morgan fingerprint density at radius 3 is 2.00 bits per heavy atom. The third kappa shape index (κ3) is 3.34. The third-order valence-corrected chi connectivity index (χ3v) is 7.64. The number of esters is 1. The zero-order valence-electron chi connectivity index (χ0n) is 18.0. The lowest BCUT2D eigenvalue weighted by Crippen LogP contribution is -2.34. The van der Waals surface area contributed by atoms with Crippen molar-refractivity contribution < 1.29 is 9.53 Å². The number of hydrogen-bond acceptors (Lipinski definition) is 2. The summed E-state index contributed by atoms with van der Waals surface area (Å²) in [6.07, 6.45) is 5.83. The van der Waals surface area contributed by atoms with Crippen LogP contribution in [0.2, 0.25) is 0 Å². The fraction of sp³-hybridized carbons (Fsp3) is 0.720. The van der Waals surface area contributed by atoms with Gasteiger partial charge in [0.05, 0.1) is 5.41 Å². The molecule has 2 nitrogen and oxygen atoms in total. The van der Waals surface area contributed by atoms with E-state index in [0.29, 0.717) is 17.6 Å².